The van der Waals surface area contributed by atoms with Gasteiger partial charge in [-0.3, -0.25) is 14.5 Å². The molecule has 0 saturated heterocycles. The van der Waals surface area contributed by atoms with Crippen LogP contribution in [0.15, 0.2) is 34.2 Å². The highest BCUT2D eigenvalue weighted by molar-refractivity contribution is 8.14. The van der Waals surface area contributed by atoms with Crippen LogP contribution in [0.5, 0.6) is 0 Å². The maximum atomic E-state index is 12.1. The predicted octanol–water partition coefficient (Wildman–Crippen LogP) is 2.70. The Morgan fingerprint density at radius 3 is 2.56 bits per heavy atom. The average Bonchev–Trinajstić information content (AvgIpc) is 2.91. The van der Waals surface area contributed by atoms with Gasteiger partial charge in [-0.05, 0) is 39.8 Å². The van der Waals surface area contributed by atoms with Gasteiger partial charge in [0.1, 0.15) is 5.60 Å². The van der Waals surface area contributed by atoms with Crippen LogP contribution in [0.4, 0.5) is 4.79 Å². The zero-order valence-corrected chi connectivity index (χ0v) is 16.2. The highest BCUT2D eigenvalue weighted by Gasteiger charge is 2.25. The molecule has 1 amide bonds. The van der Waals surface area contributed by atoms with E-state index < -0.39 is 21.8 Å². The summed E-state index contributed by atoms with van der Waals surface area (Å²) in [5, 5.41) is 2.95. The smallest absolute Gasteiger partial charge is 0.413 e. The van der Waals surface area contributed by atoms with E-state index in [4.69, 9.17) is 8.92 Å². The van der Waals surface area contributed by atoms with Gasteiger partial charge in [0.15, 0.2) is 5.17 Å². The molecule has 0 bridgehead atoms. The van der Waals surface area contributed by atoms with E-state index in [1.807, 2.05) is 6.92 Å². The second-order valence-electron chi connectivity index (χ2n) is 6.58. The standard InChI is InChI=1S/C16H22N2O5S2/c1-11-5-7-13(8-6-11)25(20,21)22-9-12-10-24-14(17-12)18-15(19)23-16(2,3)4/h5-8,12H,9-10H2,1-4H3,(H,17,18,19). The van der Waals surface area contributed by atoms with Crippen LogP contribution in [0.1, 0.15) is 26.3 Å². The maximum Gasteiger partial charge on any atom is 0.413 e. The molecule has 0 radical (unpaired) electrons. The molecular weight excluding hydrogens is 364 g/mol. The summed E-state index contributed by atoms with van der Waals surface area (Å²) < 4.78 is 34.5. The molecule has 0 fully saturated rings. The summed E-state index contributed by atoms with van der Waals surface area (Å²) in [6.07, 6.45) is -0.590. The summed E-state index contributed by atoms with van der Waals surface area (Å²) in [4.78, 5) is 16.1. The SMILES string of the molecule is Cc1ccc(S(=O)(=O)OCC2CSC(NC(=O)OC(C)(C)C)=N2)cc1. The first-order chi connectivity index (χ1) is 11.5. The number of carbonyl (C=O) groups is 1. The minimum absolute atomic E-state index is 0.0806. The Bertz CT molecular complexity index is 752. The number of thioether (sulfide) groups is 1. The second-order valence-corrected chi connectivity index (χ2v) is 9.20. The molecule has 7 nitrogen and oxygen atoms in total. The number of hydrogen-bond donors (Lipinski definition) is 1. The summed E-state index contributed by atoms with van der Waals surface area (Å²) >= 11 is 1.32. The number of hydrogen-bond acceptors (Lipinski definition) is 7. The lowest BCUT2D eigenvalue weighted by Crippen LogP contribution is -2.34. The number of rotatable bonds is 4. The molecule has 1 N–H and O–H groups in total. The molecular formula is C16H22N2O5S2. The summed E-state index contributed by atoms with van der Waals surface area (Å²) in [7, 11) is -3.82. The number of alkyl carbamates (subject to hydrolysis) is 1. The number of nitrogens with zero attached hydrogens (tertiary/aromatic N) is 1. The minimum Gasteiger partial charge on any atom is -0.444 e. The van der Waals surface area contributed by atoms with Crippen LogP contribution in [0, 0.1) is 6.92 Å². The molecule has 1 aliphatic heterocycles. The number of benzene rings is 1. The van der Waals surface area contributed by atoms with E-state index in [9.17, 15) is 13.2 Å². The lowest BCUT2D eigenvalue weighted by Gasteiger charge is -2.19. The van der Waals surface area contributed by atoms with Crippen LogP contribution in [0.2, 0.25) is 0 Å². The molecule has 1 heterocycles. The van der Waals surface area contributed by atoms with E-state index in [-0.39, 0.29) is 17.5 Å². The molecule has 138 valence electrons. The van der Waals surface area contributed by atoms with Crippen LogP contribution in [0.25, 0.3) is 0 Å². The van der Waals surface area contributed by atoms with Gasteiger partial charge in [-0.15, -0.1) is 0 Å². The van der Waals surface area contributed by atoms with E-state index in [0.29, 0.717) is 10.9 Å². The first kappa shape index (κ1) is 19.7. The largest absolute Gasteiger partial charge is 0.444 e. The molecule has 1 aromatic rings. The monoisotopic (exact) mass is 386 g/mol. The molecule has 1 atom stereocenters. The minimum atomic E-state index is -3.82. The van der Waals surface area contributed by atoms with Crippen molar-refractivity contribution in [1.29, 1.82) is 0 Å². The van der Waals surface area contributed by atoms with Crippen molar-refractivity contribution in [2.24, 2.45) is 4.99 Å². The van der Waals surface area contributed by atoms with Gasteiger partial charge < -0.3 is 4.74 Å². The maximum absolute atomic E-state index is 12.1. The van der Waals surface area contributed by atoms with Gasteiger partial charge in [-0.1, -0.05) is 29.5 Å². The van der Waals surface area contributed by atoms with E-state index in [1.165, 1.54) is 23.9 Å². The fourth-order valence-corrected chi connectivity index (χ4v) is 3.74. The van der Waals surface area contributed by atoms with E-state index in [2.05, 4.69) is 10.3 Å². The Labute approximate surface area is 152 Å². The molecule has 0 aliphatic carbocycles. The normalized spacial score (nSPS) is 17.9. The molecule has 25 heavy (non-hydrogen) atoms. The third-order valence-corrected chi connectivity index (χ3v) is 5.37. The Morgan fingerprint density at radius 2 is 1.96 bits per heavy atom. The van der Waals surface area contributed by atoms with Gasteiger partial charge >= 0.3 is 6.09 Å². The van der Waals surface area contributed by atoms with Gasteiger partial charge in [0, 0.05) is 5.75 Å². The molecule has 2 rings (SSSR count). The summed E-state index contributed by atoms with van der Waals surface area (Å²) in [5.74, 6) is 0.522. The van der Waals surface area contributed by atoms with Crippen LogP contribution in [0.3, 0.4) is 0 Å². The third kappa shape index (κ3) is 6.33. The van der Waals surface area contributed by atoms with Gasteiger partial charge in [0.2, 0.25) is 0 Å². The zero-order valence-electron chi connectivity index (χ0n) is 14.6. The Hall–Kier alpha value is -1.58. The molecule has 0 saturated carbocycles. The Morgan fingerprint density at radius 1 is 1.32 bits per heavy atom. The molecule has 0 aromatic heterocycles. The van der Waals surface area contributed by atoms with Crippen molar-refractivity contribution in [2.75, 3.05) is 12.4 Å². The lowest BCUT2D eigenvalue weighted by molar-refractivity contribution is 0.0564. The summed E-state index contributed by atoms with van der Waals surface area (Å²) in [6.45, 7) is 7.10. The van der Waals surface area contributed by atoms with Gasteiger partial charge in [0.25, 0.3) is 10.1 Å². The predicted molar refractivity (Wildman–Crippen MR) is 97.4 cm³/mol. The van der Waals surface area contributed by atoms with Crippen LogP contribution < -0.4 is 5.32 Å². The second kappa shape index (κ2) is 7.76. The zero-order chi connectivity index (χ0) is 18.7. The van der Waals surface area contributed by atoms with Crippen molar-refractivity contribution in [3.63, 3.8) is 0 Å². The van der Waals surface area contributed by atoms with Crippen molar-refractivity contribution in [3.05, 3.63) is 29.8 Å². The first-order valence-corrected chi connectivity index (χ1v) is 10.1. The van der Waals surface area contributed by atoms with Crippen molar-refractivity contribution >= 4 is 33.1 Å². The number of ether oxygens (including phenoxy) is 1. The highest BCUT2D eigenvalue weighted by Crippen LogP contribution is 2.20. The van der Waals surface area contributed by atoms with E-state index in [0.717, 1.165) is 5.56 Å². The number of amides is 1. The lowest BCUT2D eigenvalue weighted by atomic mass is 10.2. The number of aryl methyl sites for hydroxylation is 1. The fourth-order valence-electron chi connectivity index (χ4n) is 1.90. The number of carbonyl (C=O) groups excluding carboxylic acids is 1. The van der Waals surface area contributed by atoms with Crippen molar-refractivity contribution in [3.8, 4) is 0 Å². The summed E-state index contributed by atoms with van der Waals surface area (Å²) in [5.41, 5.74) is 0.368. The Balaban J connectivity index is 1.88. The van der Waals surface area contributed by atoms with E-state index in [1.54, 1.807) is 32.9 Å². The Kier molecular flexibility index (Phi) is 6.12. The van der Waals surface area contributed by atoms with Gasteiger partial charge in [-0.2, -0.15) is 8.42 Å². The van der Waals surface area contributed by atoms with Crippen LogP contribution in [-0.4, -0.2) is 43.7 Å². The highest BCUT2D eigenvalue weighted by atomic mass is 32.2. The fraction of sp³-hybridized carbons (Fsp3) is 0.500. The van der Waals surface area contributed by atoms with Crippen molar-refractivity contribution in [1.82, 2.24) is 5.32 Å². The van der Waals surface area contributed by atoms with E-state index >= 15 is 0 Å². The number of aliphatic imine (C=N–C) groups is 1. The van der Waals surface area contributed by atoms with Gasteiger partial charge in [-0.25, -0.2) is 4.79 Å². The quantitative estimate of drug-likeness (QED) is 0.800. The van der Waals surface area contributed by atoms with Gasteiger partial charge in [0.05, 0.1) is 17.5 Å². The topological polar surface area (TPSA) is 94.1 Å². The number of nitrogens with one attached hydrogen (secondary N) is 1. The molecule has 1 aliphatic rings. The van der Waals surface area contributed by atoms with Crippen molar-refractivity contribution < 1.29 is 22.1 Å². The van der Waals surface area contributed by atoms with Crippen LogP contribution >= 0.6 is 11.8 Å². The molecule has 9 heteroatoms. The molecule has 1 unspecified atom stereocenters. The van der Waals surface area contributed by atoms with Crippen molar-refractivity contribution in [2.45, 2.75) is 44.2 Å². The molecule has 1 aromatic carbocycles. The summed E-state index contributed by atoms with van der Waals surface area (Å²) in [6, 6.07) is 6.08. The average molecular weight is 386 g/mol. The molecule has 0 spiro atoms. The number of amidine groups is 1. The van der Waals surface area contributed by atoms with Crippen LogP contribution in [-0.2, 0) is 19.0 Å². The third-order valence-electron chi connectivity index (χ3n) is 3.05. The first-order valence-electron chi connectivity index (χ1n) is 7.72.